The van der Waals surface area contributed by atoms with Crippen molar-refractivity contribution >= 4 is 23.3 Å². The Morgan fingerprint density at radius 3 is 2.61 bits per heavy atom. The Balaban J connectivity index is 1.83. The molecule has 0 N–H and O–H groups in total. The molecule has 2 unspecified atom stereocenters. The Bertz CT molecular complexity index is 887. The molecule has 1 aromatic heterocycles. The van der Waals surface area contributed by atoms with E-state index in [-0.39, 0.29) is 22.1 Å². The van der Waals surface area contributed by atoms with Gasteiger partial charge in [-0.05, 0) is 11.8 Å². The number of carbonyl (C=O) groups excluding carboxylic acids is 2. The molecule has 1 aliphatic heterocycles. The van der Waals surface area contributed by atoms with Gasteiger partial charge in [0.2, 0.25) is 11.5 Å². The molecule has 0 bridgehead atoms. The second-order valence-corrected chi connectivity index (χ2v) is 6.32. The molecular formula is C15H8N2O5S. The first-order chi connectivity index (χ1) is 11.1. The molecule has 2 atom stereocenters. The summed E-state index contributed by atoms with van der Waals surface area (Å²) in [6.07, 6.45) is 1.23. The average molecular weight is 328 g/mol. The maximum atomic E-state index is 12.7. The van der Waals surface area contributed by atoms with Gasteiger partial charge in [-0.3, -0.25) is 19.7 Å². The fourth-order valence-corrected chi connectivity index (χ4v) is 3.94. The van der Waals surface area contributed by atoms with Crippen molar-refractivity contribution in [1.29, 1.82) is 0 Å². The van der Waals surface area contributed by atoms with Crippen molar-refractivity contribution in [2.75, 3.05) is 0 Å². The lowest BCUT2D eigenvalue weighted by molar-refractivity contribution is -0.410. The summed E-state index contributed by atoms with van der Waals surface area (Å²) in [5.74, 6) is -1.78. The second kappa shape index (κ2) is 4.88. The smallest absolute Gasteiger partial charge is 0.300 e. The van der Waals surface area contributed by atoms with Gasteiger partial charge in [-0.2, -0.15) is 0 Å². The quantitative estimate of drug-likeness (QED) is 0.616. The van der Waals surface area contributed by atoms with Crippen molar-refractivity contribution in [2.24, 2.45) is 5.92 Å². The van der Waals surface area contributed by atoms with Gasteiger partial charge in [0, 0.05) is 11.6 Å². The minimum Gasteiger partial charge on any atom is -0.352 e. The first-order valence-corrected chi connectivity index (χ1v) is 7.62. The fourth-order valence-electron chi connectivity index (χ4n) is 2.79. The molecule has 0 radical (unpaired) electrons. The van der Waals surface area contributed by atoms with Gasteiger partial charge in [0.25, 0.3) is 0 Å². The van der Waals surface area contributed by atoms with Gasteiger partial charge in [0.05, 0.1) is 21.7 Å². The van der Waals surface area contributed by atoms with E-state index in [0.29, 0.717) is 11.3 Å². The summed E-state index contributed by atoms with van der Waals surface area (Å²) in [4.78, 5) is 35.6. The third-order valence-electron chi connectivity index (χ3n) is 3.85. The molecule has 0 amide bonds. The van der Waals surface area contributed by atoms with Crippen LogP contribution >= 0.6 is 11.8 Å². The minimum absolute atomic E-state index is 0.114. The zero-order chi connectivity index (χ0) is 16.1. The molecule has 2 heterocycles. The summed E-state index contributed by atoms with van der Waals surface area (Å²) in [6, 6.07) is 8.89. The van der Waals surface area contributed by atoms with E-state index in [1.54, 1.807) is 24.3 Å². The van der Waals surface area contributed by atoms with Crippen LogP contribution in [0.4, 0.5) is 0 Å². The van der Waals surface area contributed by atoms with Crippen LogP contribution in [0.3, 0.4) is 0 Å². The van der Waals surface area contributed by atoms with Gasteiger partial charge >= 0.3 is 5.03 Å². The number of benzene rings is 1. The summed E-state index contributed by atoms with van der Waals surface area (Å²) in [5.41, 5.74) is 1.07. The second-order valence-electron chi connectivity index (χ2n) is 5.16. The lowest BCUT2D eigenvalue weighted by Crippen LogP contribution is -2.35. The summed E-state index contributed by atoms with van der Waals surface area (Å²) in [5, 5.41) is 13.8. The SMILES string of the molecule is O=C1c2onc(-c3ccccc3)c2C(=O)C2SC([N+](=O)[O-])=CC12. The van der Waals surface area contributed by atoms with Gasteiger partial charge in [0.1, 0.15) is 5.69 Å². The maximum absolute atomic E-state index is 12.7. The molecule has 114 valence electrons. The third-order valence-corrected chi connectivity index (χ3v) is 5.13. The van der Waals surface area contributed by atoms with Crippen LogP contribution in [0.2, 0.25) is 0 Å². The summed E-state index contributed by atoms with van der Waals surface area (Å²) >= 11 is 0.808. The highest BCUT2D eigenvalue weighted by Crippen LogP contribution is 2.45. The summed E-state index contributed by atoms with van der Waals surface area (Å²) < 4.78 is 5.10. The molecule has 8 heteroatoms. The van der Waals surface area contributed by atoms with Crippen LogP contribution in [0.5, 0.6) is 0 Å². The van der Waals surface area contributed by atoms with Crippen LogP contribution in [0.15, 0.2) is 46.0 Å². The third kappa shape index (κ3) is 1.95. The van der Waals surface area contributed by atoms with E-state index in [2.05, 4.69) is 5.16 Å². The Hall–Kier alpha value is -2.74. The highest BCUT2D eigenvalue weighted by molar-refractivity contribution is 8.04. The van der Waals surface area contributed by atoms with Crippen LogP contribution in [-0.4, -0.2) is 26.9 Å². The number of allylic oxidation sites excluding steroid dienone is 1. The number of nitro groups is 1. The number of carbonyl (C=O) groups is 2. The van der Waals surface area contributed by atoms with E-state index in [1.807, 2.05) is 6.07 Å². The molecule has 1 aromatic carbocycles. The number of ketones is 2. The number of aromatic nitrogens is 1. The Morgan fingerprint density at radius 1 is 1.17 bits per heavy atom. The molecule has 4 rings (SSSR count). The lowest BCUT2D eigenvalue weighted by atomic mass is 9.84. The number of hydrogen-bond donors (Lipinski definition) is 0. The van der Waals surface area contributed by atoms with Gasteiger partial charge < -0.3 is 4.52 Å². The van der Waals surface area contributed by atoms with E-state index in [9.17, 15) is 19.7 Å². The maximum Gasteiger partial charge on any atom is 0.300 e. The predicted molar refractivity (Wildman–Crippen MR) is 80.5 cm³/mol. The molecule has 7 nitrogen and oxygen atoms in total. The van der Waals surface area contributed by atoms with Crippen molar-refractivity contribution < 1.29 is 19.0 Å². The van der Waals surface area contributed by atoms with Crippen molar-refractivity contribution in [3.8, 4) is 11.3 Å². The molecule has 0 saturated heterocycles. The molecule has 0 saturated carbocycles. The van der Waals surface area contributed by atoms with Crippen LogP contribution in [0.1, 0.15) is 20.9 Å². The van der Waals surface area contributed by atoms with E-state index < -0.39 is 21.9 Å². The molecular weight excluding hydrogens is 320 g/mol. The average Bonchev–Trinajstić information content (AvgIpc) is 3.18. The summed E-state index contributed by atoms with van der Waals surface area (Å²) in [6.45, 7) is 0. The molecule has 2 aliphatic rings. The van der Waals surface area contributed by atoms with Crippen LogP contribution in [0, 0.1) is 16.0 Å². The molecule has 23 heavy (non-hydrogen) atoms. The van der Waals surface area contributed by atoms with E-state index in [0.717, 1.165) is 11.8 Å². The lowest BCUT2D eigenvalue weighted by Gasteiger charge is -2.19. The van der Waals surface area contributed by atoms with Gasteiger partial charge in [-0.15, -0.1) is 0 Å². The van der Waals surface area contributed by atoms with Gasteiger partial charge in [0.15, 0.2) is 5.78 Å². The van der Waals surface area contributed by atoms with Gasteiger partial charge in [-0.25, -0.2) is 0 Å². The number of nitrogens with zero attached hydrogens (tertiary/aromatic N) is 2. The number of thioether (sulfide) groups is 1. The standard InChI is InChI=1S/C15H8N2O5S/c18-12-8-6-9(17(20)21)23-15(8)13(19)10-11(16-22-14(10)12)7-4-2-1-3-5-7/h1-6,8,15H. The van der Waals surface area contributed by atoms with Crippen LogP contribution < -0.4 is 0 Å². The number of hydrogen-bond acceptors (Lipinski definition) is 7. The van der Waals surface area contributed by atoms with Crippen LogP contribution in [0.25, 0.3) is 11.3 Å². The zero-order valence-electron chi connectivity index (χ0n) is 11.5. The normalized spacial score (nSPS) is 22.5. The van der Waals surface area contributed by atoms with Crippen molar-refractivity contribution in [1.82, 2.24) is 5.16 Å². The highest BCUT2D eigenvalue weighted by Gasteiger charge is 2.51. The molecule has 0 fully saturated rings. The number of fused-ring (bicyclic) bond motifs is 2. The predicted octanol–water partition coefficient (Wildman–Crippen LogP) is 2.57. The van der Waals surface area contributed by atoms with E-state index in [4.69, 9.17) is 4.52 Å². The first-order valence-electron chi connectivity index (χ1n) is 6.74. The van der Waals surface area contributed by atoms with Crippen molar-refractivity contribution in [3.05, 3.63) is 62.9 Å². The Morgan fingerprint density at radius 2 is 1.91 bits per heavy atom. The van der Waals surface area contributed by atoms with Crippen molar-refractivity contribution in [2.45, 2.75) is 5.25 Å². The summed E-state index contributed by atoms with van der Waals surface area (Å²) in [7, 11) is 0. The molecule has 2 aromatic rings. The molecule has 1 aliphatic carbocycles. The largest absolute Gasteiger partial charge is 0.352 e. The monoisotopic (exact) mass is 328 g/mol. The fraction of sp³-hybridized carbons (Fsp3) is 0.133. The topological polar surface area (TPSA) is 103 Å². The zero-order valence-corrected chi connectivity index (χ0v) is 12.3. The van der Waals surface area contributed by atoms with Gasteiger partial charge in [-0.1, -0.05) is 35.5 Å². The first kappa shape index (κ1) is 13.9. The van der Waals surface area contributed by atoms with Crippen molar-refractivity contribution in [3.63, 3.8) is 0 Å². The number of rotatable bonds is 2. The van der Waals surface area contributed by atoms with Crippen LogP contribution in [-0.2, 0) is 0 Å². The highest BCUT2D eigenvalue weighted by atomic mass is 32.2. The molecule has 0 spiro atoms. The Kier molecular flexibility index (Phi) is 2.95. The Labute approximate surface area is 133 Å². The van der Waals surface area contributed by atoms with E-state index in [1.165, 1.54) is 6.08 Å². The number of Topliss-reactive ketones (excluding diaryl/α,β-unsaturated/α-hetero) is 2. The van der Waals surface area contributed by atoms with E-state index >= 15 is 0 Å². The minimum atomic E-state index is -0.864.